The second kappa shape index (κ2) is 13.2. The third-order valence-electron chi connectivity index (χ3n) is 6.77. The molecule has 0 amide bonds. The predicted molar refractivity (Wildman–Crippen MR) is 135 cm³/mol. The number of hydrogen-bond acceptors (Lipinski definition) is 5. The Balaban J connectivity index is 1.16. The van der Waals surface area contributed by atoms with Crippen molar-refractivity contribution in [1.82, 2.24) is 0 Å². The van der Waals surface area contributed by atoms with Gasteiger partial charge in [-0.15, -0.1) is 0 Å². The van der Waals surface area contributed by atoms with Crippen molar-refractivity contribution < 1.29 is 23.8 Å². The molecule has 2 unspecified atom stereocenters. The van der Waals surface area contributed by atoms with Crippen LogP contribution in [0, 0.1) is 0 Å². The van der Waals surface area contributed by atoms with Gasteiger partial charge in [-0.05, 0) is 75.3 Å². The van der Waals surface area contributed by atoms with Crippen molar-refractivity contribution >= 4 is 11.9 Å². The lowest BCUT2D eigenvalue weighted by Crippen LogP contribution is -2.24. The Hall–Kier alpha value is -2.92. The van der Waals surface area contributed by atoms with Crippen LogP contribution in [-0.2, 0) is 36.6 Å². The molecule has 0 radical (unpaired) electrons. The van der Waals surface area contributed by atoms with Gasteiger partial charge in [-0.2, -0.15) is 0 Å². The number of unbranched alkanes of at least 4 members (excludes halogenated alkanes) is 4. The summed E-state index contributed by atoms with van der Waals surface area (Å²) in [6.07, 6.45) is 8.60. The zero-order valence-corrected chi connectivity index (χ0v) is 20.5. The van der Waals surface area contributed by atoms with E-state index in [1.165, 1.54) is 11.1 Å². The Bertz CT molecular complexity index is 903. The Morgan fingerprint density at radius 1 is 0.629 bits per heavy atom. The number of carbonyl (C=O) groups is 2. The van der Waals surface area contributed by atoms with Crippen LogP contribution in [-0.4, -0.2) is 37.4 Å². The first kappa shape index (κ1) is 25.2. The molecule has 1 fully saturated rings. The van der Waals surface area contributed by atoms with Crippen LogP contribution in [0.3, 0.4) is 0 Å². The maximum atomic E-state index is 12.8. The SMILES string of the molecule is O=C(OCCCCCc1ccccc1)C1=C(C(=O)OCCCCCc2ccccc2)C2CCC1O2. The number of ether oxygens (including phenoxy) is 3. The first-order chi connectivity index (χ1) is 17.2. The molecule has 2 aliphatic heterocycles. The zero-order chi connectivity index (χ0) is 24.3. The van der Waals surface area contributed by atoms with Gasteiger partial charge in [0.2, 0.25) is 0 Å². The number of esters is 2. The van der Waals surface area contributed by atoms with Crippen LogP contribution < -0.4 is 0 Å². The first-order valence-corrected chi connectivity index (χ1v) is 13.0. The summed E-state index contributed by atoms with van der Waals surface area (Å²) >= 11 is 0. The molecule has 35 heavy (non-hydrogen) atoms. The summed E-state index contributed by atoms with van der Waals surface area (Å²) < 4.78 is 16.9. The van der Waals surface area contributed by atoms with Crippen molar-refractivity contribution in [2.45, 2.75) is 76.4 Å². The molecule has 2 heterocycles. The molecule has 2 bridgehead atoms. The maximum absolute atomic E-state index is 12.8. The fraction of sp³-hybridized carbons (Fsp3) is 0.467. The molecule has 1 saturated heterocycles. The van der Waals surface area contributed by atoms with Gasteiger partial charge in [0.25, 0.3) is 0 Å². The fourth-order valence-electron chi connectivity index (χ4n) is 4.88. The van der Waals surface area contributed by atoms with Gasteiger partial charge < -0.3 is 14.2 Å². The molecule has 2 aromatic rings. The highest BCUT2D eigenvalue weighted by Gasteiger charge is 2.47. The minimum absolute atomic E-state index is 0.334. The smallest absolute Gasteiger partial charge is 0.337 e. The third kappa shape index (κ3) is 7.28. The van der Waals surface area contributed by atoms with Crippen LogP contribution >= 0.6 is 0 Å². The van der Waals surface area contributed by atoms with E-state index in [4.69, 9.17) is 14.2 Å². The normalized spacial score (nSPS) is 18.6. The first-order valence-electron chi connectivity index (χ1n) is 13.0. The standard InChI is InChI=1S/C30H36O5/c31-29(33-21-11-3-9-17-23-13-5-1-6-14-23)27-25-19-20-26(35-25)28(27)30(32)34-22-12-4-10-18-24-15-7-2-8-16-24/h1-2,5-8,13-16,25-26H,3-4,9-12,17-22H2. The highest BCUT2D eigenvalue weighted by molar-refractivity contribution is 6.03. The summed E-state index contributed by atoms with van der Waals surface area (Å²) in [6, 6.07) is 20.8. The van der Waals surface area contributed by atoms with Crippen LogP contribution in [0.25, 0.3) is 0 Å². The van der Waals surface area contributed by atoms with E-state index in [0.29, 0.717) is 24.4 Å². The number of aryl methyl sites for hydroxylation is 2. The fourth-order valence-corrected chi connectivity index (χ4v) is 4.88. The van der Waals surface area contributed by atoms with Crippen molar-refractivity contribution in [1.29, 1.82) is 0 Å². The van der Waals surface area contributed by atoms with Crippen molar-refractivity contribution in [3.8, 4) is 0 Å². The Labute approximate surface area is 208 Å². The second-order valence-electron chi connectivity index (χ2n) is 9.38. The summed E-state index contributed by atoms with van der Waals surface area (Å²) in [4.78, 5) is 25.6. The summed E-state index contributed by atoms with van der Waals surface area (Å²) in [5.41, 5.74) is 3.43. The molecule has 0 saturated carbocycles. The van der Waals surface area contributed by atoms with Crippen LogP contribution in [0.2, 0.25) is 0 Å². The van der Waals surface area contributed by atoms with Gasteiger partial charge in [0.05, 0.1) is 36.6 Å². The molecule has 0 aromatic heterocycles. The van der Waals surface area contributed by atoms with Gasteiger partial charge in [-0.25, -0.2) is 9.59 Å². The molecule has 0 aliphatic carbocycles. The average molecular weight is 477 g/mol. The largest absolute Gasteiger partial charge is 0.462 e. The van der Waals surface area contributed by atoms with Gasteiger partial charge in [-0.3, -0.25) is 0 Å². The second-order valence-corrected chi connectivity index (χ2v) is 9.38. The Morgan fingerprint density at radius 2 is 1.06 bits per heavy atom. The molecule has 0 spiro atoms. The summed E-state index contributed by atoms with van der Waals surface area (Å²) in [6.45, 7) is 0.719. The third-order valence-corrected chi connectivity index (χ3v) is 6.77. The van der Waals surface area contributed by atoms with Gasteiger partial charge in [0, 0.05) is 0 Å². The zero-order valence-electron chi connectivity index (χ0n) is 20.5. The quantitative estimate of drug-likeness (QED) is 0.256. The number of benzene rings is 2. The Kier molecular flexibility index (Phi) is 9.53. The van der Waals surface area contributed by atoms with E-state index in [2.05, 4.69) is 48.5 Å². The monoisotopic (exact) mass is 476 g/mol. The lowest BCUT2D eigenvalue weighted by molar-refractivity contribution is -0.142. The van der Waals surface area contributed by atoms with E-state index in [1.54, 1.807) is 0 Å². The van der Waals surface area contributed by atoms with Gasteiger partial charge in [0.1, 0.15) is 0 Å². The van der Waals surface area contributed by atoms with E-state index in [-0.39, 0.29) is 12.2 Å². The summed E-state index contributed by atoms with van der Waals surface area (Å²) in [5.74, 6) is -0.842. The number of hydrogen-bond donors (Lipinski definition) is 0. The molecule has 2 atom stereocenters. The highest BCUT2D eigenvalue weighted by atomic mass is 16.6. The van der Waals surface area contributed by atoms with Crippen LogP contribution in [0.1, 0.15) is 62.5 Å². The molecule has 4 rings (SSSR count). The van der Waals surface area contributed by atoms with Crippen LogP contribution in [0.5, 0.6) is 0 Å². The molecule has 5 heteroatoms. The number of rotatable bonds is 14. The maximum Gasteiger partial charge on any atom is 0.337 e. The van der Waals surface area contributed by atoms with Gasteiger partial charge in [0.15, 0.2) is 0 Å². The van der Waals surface area contributed by atoms with Crippen molar-refractivity contribution in [2.75, 3.05) is 13.2 Å². The van der Waals surface area contributed by atoms with E-state index in [9.17, 15) is 9.59 Å². The van der Waals surface area contributed by atoms with Gasteiger partial charge >= 0.3 is 11.9 Å². The molecular weight excluding hydrogens is 440 g/mol. The molecule has 2 aromatic carbocycles. The van der Waals surface area contributed by atoms with Crippen molar-refractivity contribution in [2.24, 2.45) is 0 Å². The number of carbonyl (C=O) groups excluding carboxylic acids is 2. The molecular formula is C30H36O5. The topological polar surface area (TPSA) is 61.8 Å². The van der Waals surface area contributed by atoms with E-state index in [1.807, 2.05) is 12.1 Å². The van der Waals surface area contributed by atoms with Crippen LogP contribution in [0.15, 0.2) is 71.8 Å². The van der Waals surface area contributed by atoms with E-state index < -0.39 is 11.9 Å². The van der Waals surface area contributed by atoms with Crippen molar-refractivity contribution in [3.63, 3.8) is 0 Å². The van der Waals surface area contributed by atoms with Crippen LogP contribution in [0.4, 0.5) is 0 Å². The lowest BCUT2D eigenvalue weighted by atomic mass is 9.91. The predicted octanol–water partition coefficient (Wildman–Crippen LogP) is 5.76. The lowest BCUT2D eigenvalue weighted by Gasteiger charge is -2.15. The summed E-state index contributed by atoms with van der Waals surface area (Å²) in [5, 5.41) is 0. The number of fused-ring (bicyclic) bond motifs is 2. The minimum Gasteiger partial charge on any atom is -0.462 e. The molecule has 5 nitrogen and oxygen atoms in total. The average Bonchev–Trinajstić information content (AvgIpc) is 3.51. The highest BCUT2D eigenvalue weighted by Crippen LogP contribution is 2.40. The van der Waals surface area contributed by atoms with E-state index in [0.717, 1.165) is 64.2 Å². The molecule has 186 valence electrons. The molecule has 2 aliphatic rings. The minimum atomic E-state index is -0.421. The molecule has 0 N–H and O–H groups in total. The van der Waals surface area contributed by atoms with E-state index >= 15 is 0 Å². The van der Waals surface area contributed by atoms with Crippen molar-refractivity contribution in [3.05, 3.63) is 82.9 Å². The van der Waals surface area contributed by atoms with Gasteiger partial charge in [-0.1, -0.05) is 60.7 Å². The summed E-state index contributed by atoms with van der Waals surface area (Å²) in [7, 11) is 0. The Morgan fingerprint density at radius 3 is 1.49 bits per heavy atom.